The highest BCUT2D eigenvalue weighted by molar-refractivity contribution is 7.98. The molecule has 0 spiro atoms. The zero-order valence-electron chi connectivity index (χ0n) is 13.2. The molecule has 4 nitrogen and oxygen atoms in total. The molecule has 1 aliphatic rings. The summed E-state index contributed by atoms with van der Waals surface area (Å²) in [4.78, 5) is 26.3. The molecule has 3 rings (SSSR count). The molecule has 5 heteroatoms. The molecule has 0 aromatic heterocycles. The fraction of sp³-hybridized carbons (Fsp3) is 0.263. The first-order valence-electron chi connectivity index (χ1n) is 7.96. The predicted octanol–water partition coefficient (Wildman–Crippen LogP) is 3.67. The van der Waals surface area contributed by atoms with E-state index in [1.54, 1.807) is 23.9 Å². The average molecular weight is 341 g/mol. The van der Waals surface area contributed by atoms with Crippen molar-refractivity contribution in [1.29, 1.82) is 0 Å². The van der Waals surface area contributed by atoms with E-state index in [0.29, 0.717) is 18.5 Å². The van der Waals surface area contributed by atoms with Crippen LogP contribution in [0.3, 0.4) is 0 Å². The number of aliphatic carboxylic acids is 1. The zero-order chi connectivity index (χ0) is 16.9. The van der Waals surface area contributed by atoms with Crippen molar-refractivity contribution in [3.05, 3.63) is 65.7 Å². The van der Waals surface area contributed by atoms with E-state index in [4.69, 9.17) is 0 Å². The van der Waals surface area contributed by atoms with Crippen LogP contribution in [0, 0.1) is 0 Å². The van der Waals surface area contributed by atoms with E-state index in [1.165, 1.54) is 10.5 Å². The standard InChI is InChI=1S/C19H19NO3S/c21-18(20-12-4-7-17(20)19(22)23)15-8-10-16(11-9-15)24-13-14-5-2-1-3-6-14/h1-3,5-6,8-11,17H,4,7,12-13H2,(H,22,23)/t17-/m0/s1. The number of hydrogen-bond donors (Lipinski definition) is 1. The fourth-order valence-corrected chi connectivity index (χ4v) is 3.72. The molecule has 1 heterocycles. The number of rotatable bonds is 5. The number of benzene rings is 2. The second kappa shape index (κ2) is 7.53. The Morgan fingerprint density at radius 2 is 1.79 bits per heavy atom. The zero-order valence-corrected chi connectivity index (χ0v) is 14.0. The maximum atomic E-state index is 12.5. The van der Waals surface area contributed by atoms with E-state index < -0.39 is 12.0 Å². The monoisotopic (exact) mass is 341 g/mol. The van der Waals surface area contributed by atoms with Crippen molar-refractivity contribution in [2.45, 2.75) is 29.5 Å². The van der Waals surface area contributed by atoms with E-state index >= 15 is 0 Å². The molecule has 124 valence electrons. The van der Waals surface area contributed by atoms with Crippen molar-refractivity contribution in [1.82, 2.24) is 4.90 Å². The van der Waals surface area contributed by atoms with E-state index in [9.17, 15) is 14.7 Å². The quantitative estimate of drug-likeness (QED) is 0.843. The van der Waals surface area contributed by atoms with Gasteiger partial charge in [-0.25, -0.2) is 4.79 Å². The topological polar surface area (TPSA) is 57.6 Å². The third kappa shape index (κ3) is 3.79. The Morgan fingerprint density at radius 1 is 1.08 bits per heavy atom. The number of amides is 1. The van der Waals surface area contributed by atoms with Crippen LogP contribution in [0.15, 0.2) is 59.5 Å². The number of carboxylic acid groups (broad SMARTS) is 1. The number of carbonyl (C=O) groups is 2. The summed E-state index contributed by atoms with van der Waals surface area (Å²) < 4.78 is 0. The molecule has 0 aliphatic carbocycles. The summed E-state index contributed by atoms with van der Waals surface area (Å²) in [6, 6.07) is 16.9. The molecule has 2 aromatic rings. The van der Waals surface area contributed by atoms with Gasteiger partial charge >= 0.3 is 5.97 Å². The third-order valence-corrected chi connectivity index (χ3v) is 5.23. The molecule has 1 saturated heterocycles. The summed E-state index contributed by atoms with van der Waals surface area (Å²) in [6.45, 7) is 0.514. The molecular formula is C19H19NO3S. The van der Waals surface area contributed by atoms with Crippen molar-refractivity contribution in [2.75, 3.05) is 6.54 Å². The molecule has 1 atom stereocenters. The van der Waals surface area contributed by atoms with Crippen molar-refractivity contribution in [3.63, 3.8) is 0 Å². The summed E-state index contributed by atoms with van der Waals surface area (Å²) >= 11 is 1.71. The van der Waals surface area contributed by atoms with Gasteiger partial charge < -0.3 is 10.0 Å². The van der Waals surface area contributed by atoms with Crippen LogP contribution in [-0.4, -0.2) is 34.5 Å². The minimum Gasteiger partial charge on any atom is -0.480 e. The Bertz CT molecular complexity index is 715. The number of carboxylic acids is 1. The van der Waals surface area contributed by atoms with Gasteiger partial charge in [0.25, 0.3) is 5.91 Å². The molecule has 1 N–H and O–H groups in total. The van der Waals surface area contributed by atoms with E-state index in [1.807, 2.05) is 30.3 Å². The van der Waals surface area contributed by atoms with Crippen LogP contribution in [0.1, 0.15) is 28.8 Å². The summed E-state index contributed by atoms with van der Waals surface area (Å²) in [5.41, 5.74) is 1.80. The maximum absolute atomic E-state index is 12.5. The first-order chi connectivity index (χ1) is 11.6. The van der Waals surface area contributed by atoms with Crippen molar-refractivity contribution in [3.8, 4) is 0 Å². The fourth-order valence-electron chi connectivity index (χ4n) is 2.87. The Balaban J connectivity index is 1.63. The molecule has 2 aromatic carbocycles. The number of hydrogen-bond acceptors (Lipinski definition) is 3. The van der Waals surface area contributed by atoms with E-state index in [-0.39, 0.29) is 5.91 Å². The van der Waals surface area contributed by atoms with Gasteiger partial charge in [0.05, 0.1) is 0 Å². The lowest BCUT2D eigenvalue weighted by Crippen LogP contribution is -2.40. The maximum Gasteiger partial charge on any atom is 0.326 e. The van der Waals surface area contributed by atoms with Gasteiger partial charge in [-0.3, -0.25) is 4.79 Å². The molecule has 1 amide bonds. The second-order valence-corrected chi connectivity index (χ2v) is 6.84. The highest BCUT2D eigenvalue weighted by Crippen LogP contribution is 2.25. The van der Waals surface area contributed by atoms with Crippen LogP contribution in [0.25, 0.3) is 0 Å². The third-order valence-electron chi connectivity index (χ3n) is 4.15. The molecule has 1 fully saturated rings. The molecule has 1 aliphatic heterocycles. The number of carbonyl (C=O) groups excluding carboxylic acids is 1. The SMILES string of the molecule is O=C(O)[C@@H]1CCCN1C(=O)c1ccc(SCc2ccccc2)cc1. The molecule has 24 heavy (non-hydrogen) atoms. The lowest BCUT2D eigenvalue weighted by Gasteiger charge is -2.21. The van der Waals surface area contributed by atoms with Crippen molar-refractivity contribution >= 4 is 23.6 Å². The first kappa shape index (κ1) is 16.6. The Labute approximate surface area is 145 Å². The Hall–Kier alpha value is -2.27. The van der Waals surface area contributed by atoms with Gasteiger partial charge in [-0.2, -0.15) is 0 Å². The summed E-state index contributed by atoms with van der Waals surface area (Å²) in [7, 11) is 0. The largest absolute Gasteiger partial charge is 0.480 e. The molecule has 0 unspecified atom stereocenters. The van der Waals surface area contributed by atoms with Gasteiger partial charge in [0.1, 0.15) is 6.04 Å². The summed E-state index contributed by atoms with van der Waals surface area (Å²) in [5, 5.41) is 9.20. The average Bonchev–Trinajstić information content (AvgIpc) is 3.11. The van der Waals surface area contributed by atoms with Crippen LogP contribution >= 0.6 is 11.8 Å². The number of thioether (sulfide) groups is 1. The first-order valence-corrected chi connectivity index (χ1v) is 8.94. The van der Waals surface area contributed by atoms with E-state index in [0.717, 1.165) is 17.1 Å². The normalized spacial score (nSPS) is 17.0. The van der Waals surface area contributed by atoms with Gasteiger partial charge in [0.2, 0.25) is 0 Å². The molecular weight excluding hydrogens is 322 g/mol. The van der Waals surface area contributed by atoms with Crippen LogP contribution in [0.5, 0.6) is 0 Å². The van der Waals surface area contributed by atoms with Crippen LogP contribution in [0.2, 0.25) is 0 Å². The van der Waals surface area contributed by atoms with E-state index in [2.05, 4.69) is 12.1 Å². The lowest BCUT2D eigenvalue weighted by atomic mass is 10.1. The van der Waals surface area contributed by atoms with Gasteiger partial charge in [0.15, 0.2) is 0 Å². The Morgan fingerprint density at radius 3 is 2.46 bits per heavy atom. The second-order valence-electron chi connectivity index (χ2n) is 5.79. The minimum atomic E-state index is -0.920. The summed E-state index contributed by atoms with van der Waals surface area (Å²) in [6.07, 6.45) is 1.28. The van der Waals surface area contributed by atoms with Crippen molar-refractivity contribution in [2.24, 2.45) is 0 Å². The predicted molar refractivity (Wildman–Crippen MR) is 94.1 cm³/mol. The number of likely N-dealkylation sites (tertiary alicyclic amines) is 1. The van der Waals surface area contributed by atoms with Crippen LogP contribution < -0.4 is 0 Å². The lowest BCUT2D eigenvalue weighted by molar-refractivity contribution is -0.141. The van der Waals surface area contributed by atoms with Gasteiger partial charge in [-0.05, 0) is 42.7 Å². The molecule has 0 saturated carbocycles. The Kier molecular flexibility index (Phi) is 5.20. The number of nitrogens with zero attached hydrogens (tertiary/aromatic N) is 1. The molecule has 0 radical (unpaired) electrons. The minimum absolute atomic E-state index is 0.195. The van der Waals surface area contributed by atoms with Crippen molar-refractivity contribution < 1.29 is 14.7 Å². The van der Waals surface area contributed by atoms with Gasteiger partial charge in [-0.15, -0.1) is 11.8 Å². The van der Waals surface area contributed by atoms with Gasteiger partial charge in [0, 0.05) is 22.8 Å². The highest BCUT2D eigenvalue weighted by Gasteiger charge is 2.34. The van der Waals surface area contributed by atoms with Crippen LogP contribution in [-0.2, 0) is 10.5 Å². The van der Waals surface area contributed by atoms with Crippen LogP contribution in [0.4, 0.5) is 0 Å². The molecule has 0 bridgehead atoms. The van der Waals surface area contributed by atoms with Gasteiger partial charge in [-0.1, -0.05) is 30.3 Å². The summed E-state index contributed by atoms with van der Waals surface area (Å²) in [5.74, 6) is -0.239. The smallest absolute Gasteiger partial charge is 0.326 e. The highest BCUT2D eigenvalue weighted by atomic mass is 32.2.